The molecule has 3 rings (SSSR count). The topological polar surface area (TPSA) is 39.6 Å². The molecule has 0 atom stereocenters. The van der Waals surface area contributed by atoms with Crippen molar-refractivity contribution < 1.29 is 0 Å². The first kappa shape index (κ1) is 8.07. The maximum absolute atomic E-state index is 8.79. The standard InChI is InChI=1S/C13H8N2/c14-8-12-6-11-5-9-3-1-2-4-10(9)7-13(11)15-12/h1-7,15H. The summed E-state index contributed by atoms with van der Waals surface area (Å²) in [6, 6.07) is 16.4. The van der Waals surface area contributed by atoms with E-state index in [0.29, 0.717) is 5.69 Å². The molecule has 0 bridgehead atoms. The van der Waals surface area contributed by atoms with Crippen LogP contribution >= 0.6 is 0 Å². The molecule has 0 saturated heterocycles. The molecule has 0 fully saturated rings. The van der Waals surface area contributed by atoms with E-state index in [-0.39, 0.29) is 0 Å². The number of nitriles is 1. The lowest BCUT2D eigenvalue weighted by molar-refractivity contribution is 1.37. The summed E-state index contributed by atoms with van der Waals surface area (Å²) in [5.41, 5.74) is 1.63. The van der Waals surface area contributed by atoms with Crippen LogP contribution in [-0.4, -0.2) is 4.98 Å². The van der Waals surface area contributed by atoms with Gasteiger partial charge < -0.3 is 4.98 Å². The molecule has 2 aromatic carbocycles. The van der Waals surface area contributed by atoms with Gasteiger partial charge in [-0.3, -0.25) is 0 Å². The average Bonchev–Trinajstić information content (AvgIpc) is 2.67. The molecule has 1 aromatic heterocycles. The van der Waals surface area contributed by atoms with Gasteiger partial charge in [0.1, 0.15) is 11.8 Å². The first-order chi connectivity index (χ1) is 7.36. The number of aromatic amines is 1. The summed E-state index contributed by atoms with van der Waals surface area (Å²) in [5, 5.41) is 12.3. The smallest absolute Gasteiger partial charge is 0.118 e. The van der Waals surface area contributed by atoms with E-state index in [4.69, 9.17) is 5.26 Å². The predicted octanol–water partition coefficient (Wildman–Crippen LogP) is 3.19. The van der Waals surface area contributed by atoms with E-state index in [9.17, 15) is 0 Å². The third-order valence-electron chi connectivity index (χ3n) is 2.61. The molecule has 0 radical (unpaired) electrons. The summed E-state index contributed by atoms with van der Waals surface area (Å²) in [6.45, 7) is 0. The van der Waals surface area contributed by atoms with Crippen molar-refractivity contribution >= 4 is 21.7 Å². The van der Waals surface area contributed by atoms with Crippen molar-refractivity contribution in [2.24, 2.45) is 0 Å². The van der Waals surface area contributed by atoms with E-state index in [1.54, 1.807) is 0 Å². The monoisotopic (exact) mass is 192 g/mol. The molecular formula is C13H8N2. The van der Waals surface area contributed by atoms with Gasteiger partial charge in [0.2, 0.25) is 0 Å². The highest BCUT2D eigenvalue weighted by Crippen LogP contribution is 2.22. The highest BCUT2D eigenvalue weighted by atomic mass is 14.7. The van der Waals surface area contributed by atoms with Crippen LogP contribution in [0.1, 0.15) is 5.69 Å². The summed E-state index contributed by atoms with van der Waals surface area (Å²) in [7, 11) is 0. The first-order valence-electron chi connectivity index (χ1n) is 4.78. The fourth-order valence-electron chi connectivity index (χ4n) is 1.88. The van der Waals surface area contributed by atoms with Crippen molar-refractivity contribution in [2.45, 2.75) is 0 Å². The van der Waals surface area contributed by atoms with E-state index in [1.165, 1.54) is 10.8 Å². The number of hydrogen-bond acceptors (Lipinski definition) is 1. The Bertz CT molecular complexity index is 634. The van der Waals surface area contributed by atoms with Crippen LogP contribution in [0.25, 0.3) is 21.7 Å². The number of hydrogen-bond donors (Lipinski definition) is 1. The lowest BCUT2D eigenvalue weighted by atomic mass is 10.1. The summed E-state index contributed by atoms with van der Waals surface area (Å²) in [6.07, 6.45) is 0. The molecule has 15 heavy (non-hydrogen) atoms. The van der Waals surface area contributed by atoms with E-state index in [2.05, 4.69) is 35.3 Å². The van der Waals surface area contributed by atoms with E-state index < -0.39 is 0 Å². The van der Waals surface area contributed by atoms with Crippen molar-refractivity contribution in [3.05, 3.63) is 48.2 Å². The second kappa shape index (κ2) is 2.86. The van der Waals surface area contributed by atoms with Gasteiger partial charge in [-0.15, -0.1) is 0 Å². The molecule has 0 saturated carbocycles. The van der Waals surface area contributed by atoms with Crippen molar-refractivity contribution in [3.63, 3.8) is 0 Å². The molecule has 2 heteroatoms. The van der Waals surface area contributed by atoms with Crippen LogP contribution in [-0.2, 0) is 0 Å². The van der Waals surface area contributed by atoms with Crippen molar-refractivity contribution in [3.8, 4) is 6.07 Å². The molecule has 0 amide bonds. The number of nitrogens with zero attached hydrogens (tertiary/aromatic N) is 1. The lowest BCUT2D eigenvalue weighted by Gasteiger charge is -1.96. The lowest BCUT2D eigenvalue weighted by Crippen LogP contribution is -1.73. The molecule has 3 aromatic rings. The highest BCUT2D eigenvalue weighted by molar-refractivity contribution is 5.97. The van der Waals surface area contributed by atoms with Crippen molar-refractivity contribution in [1.82, 2.24) is 4.98 Å². The zero-order valence-electron chi connectivity index (χ0n) is 7.99. The van der Waals surface area contributed by atoms with Crippen LogP contribution in [0.5, 0.6) is 0 Å². The second-order valence-electron chi connectivity index (χ2n) is 3.58. The quantitative estimate of drug-likeness (QED) is 0.583. The van der Waals surface area contributed by atoms with Crippen LogP contribution in [0.15, 0.2) is 42.5 Å². The van der Waals surface area contributed by atoms with Crippen LogP contribution in [0.3, 0.4) is 0 Å². The fraction of sp³-hybridized carbons (Fsp3) is 0. The van der Waals surface area contributed by atoms with Gasteiger partial charge in [-0.1, -0.05) is 24.3 Å². The predicted molar refractivity (Wildman–Crippen MR) is 60.5 cm³/mol. The molecular weight excluding hydrogens is 184 g/mol. The van der Waals surface area contributed by atoms with E-state index in [1.807, 2.05) is 18.2 Å². The number of benzene rings is 2. The van der Waals surface area contributed by atoms with E-state index >= 15 is 0 Å². The largest absolute Gasteiger partial charge is 0.346 e. The molecule has 0 aliphatic heterocycles. The fourth-order valence-corrected chi connectivity index (χ4v) is 1.88. The Kier molecular flexibility index (Phi) is 1.54. The van der Waals surface area contributed by atoms with Crippen molar-refractivity contribution in [2.75, 3.05) is 0 Å². The van der Waals surface area contributed by atoms with Crippen LogP contribution < -0.4 is 0 Å². The normalized spacial score (nSPS) is 10.6. The van der Waals surface area contributed by atoms with Gasteiger partial charge in [0, 0.05) is 10.9 Å². The van der Waals surface area contributed by atoms with Gasteiger partial charge in [0.05, 0.1) is 0 Å². The SMILES string of the molecule is N#Cc1cc2cc3ccccc3cc2[nH]1. The number of nitrogens with one attached hydrogen (secondary N) is 1. The van der Waals surface area contributed by atoms with Gasteiger partial charge in [0.25, 0.3) is 0 Å². The molecule has 0 aliphatic rings. The maximum atomic E-state index is 8.79. The Morgan fingerprint density at radius 2 is 1.67 bits per heavy atom. The van der Waals surface area contributed by atoms with E-state index in [0.717, 1.165) is 10.9 Å². The third kappa shape index (κ3) is 1.18. The summed E-state index contributed by atoms with van der Waals surface area (Å²) in [5.74, 6) is 0. The third-order valence-corrected chi connectivity index (χ3v) is 2.61. The first-order valence-corrected chi connectivity index (χ1v) is 4.78. The Morgan fingerprint density at radius 1 is 0.933 bits per heavy atom. The Morgan fingerprint density at radius 3 is 2.40 bits per heavy atom. The molecule has 1 N–H and O–H groups in total. The summed E-state index contributed by atoms with van der Waals surface area (Å²) < 4.78 is 0. The van der Waals surface area contributed by atoms with Crippen molar-refractivity contribution in [1.29, 1.82) is 5.26 Å². The average molecular weight is 192 g/mol. The summed E-state index contributed by atoms with van der Waals surface area (Å²) >= 11 is 0. The zero-order chi connectivity index (χ0) is 10.3. The molecule has 70 valence electrons. The van der Waals surface area contributed by atoms with Gasteiger partial charge in [-0.05, 0) is 29.0 Å². The second-order valence-corrected chi connectivity index (χ2v) is 3.58. The zero-order valence-corrected chi connectivity index (χ0v) is 7.99. The number of aromatic nitrogens is 1. The van der Waals surface area contributed by atoms with Gasteiger partial charge >= 0.3 is 0 Å². The number of H-pyrrole nitrogens is 1. The maximum Gasteiger partial charge on any atom is 0.118 e. The number of rotatable bonds is 0. The summed E-state index contributed by atoms with van der Waals surface area (Å²) in [4.78, 5) is 3.08. The number of fused-ring (bicyclic) bond motifs is 2. The minimum absolute atomic E-state index is 0.611. The van der Waals surface area contributed by atoms with Crippen LogP contribution in [0.4, 0.5) is 0 Å². The van der Waals surface area contributed by atoms with Crippen LogP contribution in [0.2, 0.25) is 0 Å². The minimum atomic E-state index is 0.611. The molecule has 0 aliphatic carbocycles. The Labute approximate surface area is 86.8 Å². The molecule has 0 unspecified atom stereocenters. The molecule has 0 spiro atoms. The Balaban J connectivity index is 2.46. The van der Waals surface area contributed by atoms with Gasteiger partial charge in [-0.25, -0.2) is 0 Å². The molecule has 1 heterocycles. The molecule has 2 nitrogen and oxygen atoms in total. The minimum Gasteiger partial charge on any atom is -0.346 e. The van der Waals surface area contributed by atoms with Gasteiger partial charge in [0.15, 0.2) is 0 Å². The van der Waals surface area contributed by atoms with Crippen LogP contribution in [0, 0.1) is 11.3 Å². The Hall–Kier alpha value is -2.27. The highest BCUT2D eigenvalue weighted by Gasteiger charge is 2.01. The van der Waals surface area contributed by atoms with Gasteiger partial charge in [-0.2, -0.15) is 5.26 Å².